The molecule has 2 rings (SSSR count). The third-order valence-corrected chi connectivity index (χ3v) is 3.48. The first-order valence-electron chi connectivity index (χ1n) is 6.30. The van der Waals surface area contributed by atoms with Crippen molar-refractivity contribution < 1.29 is 14.6 Å². The standard InChI is InChI=1S/C14H21NO3/c1-17-12-6-11(7-13(8-12)18-2)9-15-10-14(16)4-3-5-14/h6-8,15-16H,3-5,9-10H2,1-2H3. The summed E-state index contributed by atoms with van der Waals surface area (Å²) in [5.41, 5.74) is 0.609. The van der Waals surface area contributed by atoms with Gasteiger partial charge >= 0.3 is 0 Å². The van der Waals surface area contributed by atoms with E-state index in [2.05, 4.69) is 5.32 Å². The number of methoxy groups -OCH3 is 2. The Morgan fingerprint density at radius 3 is 2.22 bits per heavy atom. The molecule has 0 unspecified atom stereocenters. The number of rotatable bonds is 6. The van der Waals surface area contributed by atoms with Crippen LogP contribution in [0.2, 0.25) is 0 Å². The average Bonchev–Trinajstić information content (AvgIpc) is 2.36. The van der Waals surface area contributed by atoms with Crippen molar-refractivity contribution >= 4 is 0 Å². The van der Waals surface area contributed by atoms with Gasteiger partial charge in [-0.15, -0.1) is 0 Å². The zero-order valence-corrected chi connectivity index (χ0v) is 11.0. The van der Waals surface area contributed by atoms with Gasteiger partial charge in [-0.05, 0) is 37.0 Å². The highest BCUT2D eigenvalue weighted by Gasteiger charge is 2.33. The SMILES string of the molecule is COc1cc(CNCC2(O)CCC2)cc(OC)c1. The summed E-state index contributed by atoms with van der Waals surface area (Å²) in [7, 11) is 3.28. The number of ether oxygens (including phenoxy) is 2. The molecule has 2 N–H and O–H groups in total. The molecule has 0 radical (unpaired) electrons. The minimum absolute atomic E-state index is 0.483. The number of nitrogens with one attached hydrogen (secondary N) is 1. The van der Waals surface area contributed by atoms with Gasteiger partial charge in [0.25, 0.3) is 0 Å². The molecule has 1 aliphatic rings. The van der Waals surface area contributed by atoms with Crippen molar-refractivity contribution in [1.29, 1.82) is 0 Å². The summed E-state index contributed by atoms with van der Waals surface area (Å²) in [5.74, 6) is 1.57. The molecular weight excluding hydrogens is 230 g/mol. The van der Waals surface area contributed by atoms with Crippen LogP contribution in [0.3, 0.4) is 0 Å². The molecule has 0 saturated heterocycles. The van der Waals surface area contributed by atoms with Gasteiger partial charge in [0.15, 0.2) is 0 Å². The summed E-state index contributed by atoms with van der Waals surface area (Å²) < 4.78 is 10.4. The zero-order chi connectivity index (χ0) is 13.0. The van der Waals surface area contributed by atoms with Crippen LogP contribution in [0, 0.1) is 0 Å². The molecule has 0 amide bonds. The Balaban J connectivity index is 1.91. The molecule has 18 heavy (non-hydrogen) atoms. The lowest BCUT2D eigenvalue weighted by Crippen LogP contribution is -2.45. The molecule has 1 fully saturated rings. The van der Waals surface area contributed by atoms with Crippen LogP contribution in [0.4, 0.5) is 0 Å². The van der Waals surface area contributed by atoms with Crippen molar-refractivity contribution in [2.75, 3.05) is 20.8 Å². The molecule has 0 bridgehead atoms. The maximum absolute atomic E-state index is 9.98. The van der Waals surface area contributed by atoms with Crippen molar-refractivity contribution in [3.63, 3.8) is 0 Å². The minimum Gasteiger partial charge on any atom is -0.497 e. The van der Waals surface area contributed by atoms with E-state index in [9.17, 15) is 5.11 Å². The smallest absolute Gasteiger partial charge is 0.122 e. The largest absolute Gasteiger partial charge is 0.497 e. The number of aliphatic hydroxyl groups is 1. The van der Waals surface area contributed by atoms with E-state index in [4.69, 9.17) is 9.47 Å². The van der Waals surface area contributed by atoms with Crippen LogP contribution in [0.25, 0.3) is 0 Å². The highest BCUT2D eigenvalue weighted by Crippen LogP contribution is 2.30. The van der Waals surface area contributed by atoms with Crippen molar-refractivity contribution in [2.45, 2.75) is 31.4 Å². The van der Waals surface area contributed by atoms with Gasteiger partial charge in [-0.1, -0.05) is 0 Å². The van der Waals surface area contributed by atoms with Gasteiger partial charge in [0.05, 0.1) is 19.8 Å². The van der Waals surface area contributed by atoms with Gasteiger partial charge in [0.2, 0.25) is 0 Å². The second kappa shape index (κ2) is 5.59. The quantitative estimate of drug-likeness (QED) is 0.808. The normalized spacial score (nSPS) is 17.1. The van der Waals surface area contributed by atoms with E-state index in [1.807, 2.05) is 18.2 Å². The third-order valence-electron chi connectivity index (χ3n) is 3.48. The first-order chi connectivity index (χ1) is 8.65. The summed E-state index contributed by atoms with van der Waals surface area (Å²) in [6, 6.07) is 5.80. The molecule has 1 aromatic carbocycles. The molecule has 0 atom stereocenters. The van der Waals surface area contributed by atoms with Crippen molar-refractivity contribution in [1.82, 2.24) is 5.32 Å². The van der Waals surface area contributed by atoms with E-state index in [0.717, 1.165) is 36.3 Å². The molecule has 0 aliphatic heterocycles. The van der Waals surface area contributed by atoms with Gasteiger partial charge in [0.1, 0.15) is 11.5 Å². The summed E-state index contributed by atoms with van der Waals surface area (Å²) in [6.07, 6.45) is 2.94. The fourth-order valence-corrected chi connectivity index (χ4v) is 2.17. The van der Waals surface area contributed by atoms with Gasteiger partial charge in [-0.2, -0.15) is 0 Å². The zero-order valence-electron chi connectivity index (χ0n) is 11.0. The monoisotopic (exact) mass is 251 g/mol. The molecule has 1 aromatic rings. The van der Waals surface area contributed by atoms with Crippen LogP contribution in [-0.2, 0) is 6.54 Å². The number of hydrogen-bond acceptors (Lipinski definition) is 4. The first-order valence-corrected chi connectivity index (χ1v) is 6.30. The lowest BCUT2D eigenvalue weighted by atomic mass is 9.80. The molecule has 0 heterocycles. The number of hydrogen-bond donors (Lipinski definition) is 2. The van der Waals surface area contributed by atoms with Crippen molar-refractivity contribution in [3.05, 3.63) is 23.8 Å². The third kappa shape index (κ3) is 3.15. The second-order valence-electron chi connectivity index (χ2n) is 4.90. The molecule has 0 aromatic heterocycles. The van der Waals surface area contributed by atoms with E-state index < -0.39 is 5.60 Å². The Labute approximate surface area is 108 Å². The average molecular weight is 251 g/mol. The van der Waals surface area contributed by atoms with Crippen LogP contribution >= 0.6 is 0 Å². The molecule has 1 aliphatic carbocycles. The Bertz CT molecular complexity index is 380. The summed E-state index contributed by atoms with van der Waals surface area (Å²) in [4.78, 5) is 0. The van der Waals surface area contributed by atoms with E-state index in [1.54, 1.807) is 14.2 Å². The van der Waals surface area contributed by atoms with E-state index in [1.165, 1.54) is 0 Å². The molecule has 4 nitrogen and oxygen atoms in total. The van der Waals surface area contributed by atoms with Gasteiger partial charge in [0, 0.05) is 19.2 Å². The molecular formula is C14H21NO3. The van der Waals surface area contributed by atoms with Gasteiger partial charge < -0.3 is 19.9 Å². The topological polar surface area (TPSA) is 50.7 Å². The van der Waals surface area contributed by atoms with E-state index >= 15 is 0 Å². The summed E-state index contributed by atoms with van der Waals surface area (Å²) in [5, 5.41) is 13.3. The fourth-order valence-electron chi connectivity index (χ4n) is 2.17. The van der Waals surface area contributed by atoms with Gasteiger partial charge in [-0.25, -0.2) is 0 Å². The maximum atomic E-state index is 9.98. The van der Waals surface area contributed by atoms with Crippen LogP contribution in [0.15, 0.2) is 18.2 Å². The molecule has 1 saturated carbocycles. The number of benzene rings is 1. The van der Waals surface area contributed by atoms with Crippen molar-refractivity contribution in [3.8, 4) is 11.5 Å². The fraction of sp³-hybridized carbons (Fsp3) is 0.571. The van der Waals surface area contributed by atoms with E-state index in [-0.39, 0.29) is 0 Å². The lowest BCUT2D eigenvalue weighted by molar-refractivity contribution is -0.0314. The molecule has 0 spiro atoms. The summed E-state index contributed by atoms with van der Waals surface area (Å²) >= 11 is 0. The Kier molecular flexibility index (Phi) is 4.09. The Morgan fingerprint density at radius 2 is 1.78 bits per heavy atom. The van der Waals surface area contributed by atoms with Crippen LogP contribution in [-0.4, -0.2) is 31.5 Å². The molecule has 100 valence electrons. The maximum Gasteiger partial charge on any atom is 0.122 e. The van der Waals surface area contributed by atoms with Gasteiger partial charge in [-0.3, -0.25) is 0 Å². The minimum atomic E-state index is -0.483. The predicted molar refractivity (Wildman–Crippen MR) is 70.1 cm³/mol. The second-order valence-corrected chi connectivity index (χ2v) is 4.90. The Hall–Kier alpha value is -1.26. The lowest BCUT2D eigenvalue weighted by Gasteiger charge is -2.36. The van der Waals surface area contributed by atoms with Crippen LogP contribution in [0.1, 0.15) is 24.8 Å². The van der Waals surface area contributed by atoms with Crippen LogP contribution in [0.5, 0.6) is 11.5 Å². The van der Waals surface area contributed by atoms with Crippen LogP contribution < -0.4 is 14.8 Å². The highest BCUT2D eigenvalue weighted by molar-refractivity contribution is 5.38. The first kappa shape index (κ1) is 13.2. The predicted octanol–water partition coefficient (Wildman–Crippen LogP) is 1.71. The van der Waals surface area contributed by atoms with Crippen molar-refractivity contribution in [2.24, 2.45) is 0 Å². The highest BCUT2D eigenvalue weighted by atomic mass is 16.5. The molecule has 4 heteroatoms. The Morgan fingerprint density at radius 1 is 1.17 bits per heavy atom. The van der Waals surface area contributed by atoms with E-state index in [0.29, 0.717) is 13.1 Å². The summed E-state index contributed by atoms with van der Waals surface area (Å²) in [6.45, 7) is 1.35.